The SMILES string of the molecule is CC(C)c1nnc(C(C)C)c2c1C1c3ccccc3C2c2ccccc21. The Morgan fingerprint density at radius 1 is 0.577 bits per heavy atom. The highest BCUT2D eigenvalue weighted by molar-refractivity contribution is 5.69. The summed E-state index contributed by atoms with van der Waals surface area (Å²) in [4.78, 5) is 0. The molecule has 0 amide bonds. The number of rotatable bonds is 2. The van der Waals surface area contributed by atoms with E-state index in [1.807, 2.05) is 0 Å². The summed E-state index contributed by atoms with van der Waals surface area (Å²) in [7, 11) is 0. The van der Waals surface area contributed by atoms with Crippen LogP contribution in [0.2, 0.25) is 0 Å². The number of nitrogens with zero attached hydrogens (tertiary/aromatic N) is 2. The van der Waals surface area contributed by atoms with Crippen LogP contribution in [-0.2, 0) is 0 Å². The first-order valence-corrected chi connectivity index (χ1v) is 9.67. The van der Waals surface area contributed by atoms with Gasteiger partial charge in [0.25, 0.3) is 0 Å². The smallest absolute Gasteiger partial charge is 0.0701 e. The highest BCUT2D eigenvalue weighted by Gasteiger charge is 2.44. The molecular weight excluding hydrogens is 316 g/mol. The second kappa shape index (κ2) is 5.51. The number of hydrogen-bond acceptors (Lipinski definition) is 2. The molecule has 26 heavy (non-hydrogen) atoms. The van der Waals surface area contributed by atoms with Crippen molar-refractivity contribution in [3.8, 4) is 0 Å². The molecule has 0 aliphatic heterocycles. The molecule has 3 aliphatic rings. The van der Waals surface area contributed by atoms with Gasteiger partial charge in [-0.1, -0.05) is 76.2 Å². The van der Waals surface area contributed by atoms with Gasteiger partial charge < -0.3 is 0 Å². The Kier molecular flexibility index (Phi) is 3.34. The number of benzene rings is 2. The van der Waals surface area contributed by atoms with Gasteiger partial charge in [-0.15, -0.1) is 0 Å². The first kappa shape index (κ1) is 15.7. The lowest BCUT2D eigenvalue weighted by molar-refractivity contribution is 0.643. The largest absolute Gasteiger partial charge is 0.155 e. The molecule has 6 rings (SSSR count). The first-order valence-electron chi connectivity index (χ1n) is 9.67. The van der Waals surface area contributed by atoms with Gasteiger partial charge in [-0.05, 0) is 45.2 Å². The zero-order chi connectivity index (χ0) is 18.0. The lowest BCUT2D eigenvalue weighted by Crippen LogP contribution is -2.31. The molecule has 0 N–H and O–H groups in total. The Bertz CT molecular complexity index is 888. The maximum atomic E-state index is 4.73. The van der Waals surface area contributed by atoms with Crippen LogP contribution in [0.3, 0.4) is 0 Å². The van der Waals surface area contributed by atoms with Gasteiger partial charge in [0.15, 0.2) is 0 Å². The van der Waals surface area contributed by atoms with Crippen LogP contribution in [0.4, 0.5) is 0 Å². The van der Waals surface area contributed by atoms with Gasteiger partial charge in [0.1, 0.15) is 0 Å². The van der Waals surface area contributed by atoms with E-state index >= 15 is 0 Å². The van der Waals surface area contributed by atoms with E-state index in [4.69, 9.17) is 10.2 Å². The van der Waals surface area contributed by atoms with E-state index in [-0.39, 0.29) is 11.8 Å². The van der Waals surface area contributed by atoms with Crippen LogP contribution in [-0.4, -0.2) is 10.2 Å². The van der Waals surface area contributed by atoms with E-state index in [0.717, 1.165) is 0 Å². The predicted molar refractivity (Wildman–Crippen MR) is 105 cm³/mol. The van der Waals surface area contributed by atoms with Gasteiger partial charge >= 0.3 is 0 Å². The minimum atomic E-state index is 0.285. The molecule has 0 fully saturated rings. The van der Waals surface area contributed by atoms with E-state index in [0.29, 0.717) is 11.8 Å². The molecule has 3 aromatic rings. The van der Waals surface area contributed by atoms with Crippen molar-refractivity contribution < 1.29 is 0 Å². The predicted octanol–water partition coefficient (Wildman–Crippen LogP) is 5.71. The third-order valence-electron chi connectivity index (χ3n) is 6.01. The van der Waals surface area contributed by atoms with Gasteiger partial charge in [0.2, 0.25) is 0 Å². The molecule has 1 aromatic heterocycles. The van der Waals surface area contributed by atoms with E-state index in [9.17, 15) is 0 Å². The second-order valence-electron chi connectivity index (χ2n) is 8.23. The van der Waals surface area contributed by atoms with Crippen molar-refractivity contribution in [2.75, 3.05) is 0 Å². The minimum Gasteiger partial charge on any atom is -0.155 e. The highest BCUT2D eigenvalue weighted by Crippen LogP contribution is 2.57. The Morgan fingerprint density at radius 2 is 0.885 bits per heavy atom. The molecule has 2 nitrogen and oxygen atoms in total. The van der Waals surface area contributed by atoms with Crippen molar-refractivity contribution in [1.82, 2.24) is 10.2 Å². The van der Waals surface area contributed by atoms with Crippen LogP contribution in [0.5, 0.6) is 0 Å². The van der Waals surface area contributed by atoms with Gasteiger partial charge in [-0.3, -0.25) is 0 Å². The monoisotopic (exact) mass is 340 g/mol. The molecular formula is C24H24N2. The lowest BCUT2D eigenvalue weighted by Gasteiger charge is -2.44. The molecule has 130 valence electrons. The standard InChI is InChI=1S/C24H24N2/c1-13(2)23-21-19-15-9-5-7-11-17(15)20(18-12-8-6-10-16(18)19)22(21)24(14(3)4)26-25-23/h5-14,19-20H,1-4H3. The summed E-state index contributed by atoms with van der Waals surface area (Å²) in [6.07, 6.45) is 0. The van der Waals surface area contributed by atoms with E-state index < -0.39 is 0 Å². The maximum Gasteiger partial charge on any atom is 0.0701 e. The van der Waals surface area contributed by atoms with Crippen LogP contribution in [0.25, 0.3) is 0 Å². The zero-order valence-electron chi connectivity index (χ0n) is 15.8. The molecule has 1 heterocycles. The fraction of sp³-hybridized carbons (Fsp3) is 0.333. The Hall–Kier alpha value is -2.48. The number of aromatic nitrogens is 2. The quantitative estimate of drug-likeness (QED) is 0.411. The minimum absolute atomic E-state index is 0.285. The summed E-state index contributed by atoms with van der Waals surface area (Å²) in [5.74, 6) is 1.31. The highest BCUT2D eigenvalue weighted by atomic mass is 15.1. The molecule has 0 radical (unpaired) electrons. The van der Waals surface area contributed by atoms with Crippen molar-refractivity contribution in [3.63, 3.8) is 0 Å². The molecule has 2 heteroatoms. The van der Waals surface area contributed by atoms with Crippen molar-refractivity contribution in [1.29, 1.82) is 0 Å². The Balaban J connectivity index is 1.93. The summed E-state index contributed by atoms with van der Waals surface area (Å²) in [6.45, 7) is 8.94. The summed E-state index contributed by atoms with van der Waals surface area (Å²) in [5.41, 5.74) is 11.0. The van der Waals surface area contributed by atoms with Crippen molar-refractivity contribution >= 4 is 0 Å². The molecule has 0 atom stereocenters. The van der Waals surface area contributed by atoms with Crippen LogP contribution in [0.15, 0.2) is 48.5 Å². The van der Waals surface area contributed by atoms with Crippen LogP contribution >= 0.6 is 0 Å². The third kappa shape index (κ3) is 1.93. The topological polar surface area (TPSA) is 25.8 Å². The summed E-state index contributed by atoms with van der Waals surface area (Å²) in [6, 6.07) is 17.9. The summed E-state index contributed by atoms with van der Waals surface area (Å²) < 4.78 is 0. The molecule has 2 bridgehead atoms. The molecule has 0 saturated carbocycles. The Morgan fingerprint density at radius 3 is 1.15 bits per heavy atom. The molecule has 2 aromatic carbocycles. The number of hydrogen-bond donors (Lipinski definition) is 0. The van der Waals surface area contributed by atoms with E-state index in [2.05, 4.69) is 76.2 Å². The van der Waals surface area contributed by atoms with Crippen LogP contribution in [0, 0.1) is 0 Å². The van der Waals surface area contributed by atoms with Gasteiger partial charge in [0, 0.05) is 11.8 Å². The zero-order valence-corrected chi connectivity index (χ0v) is 15.8. The molecule has 0 spiro atoms. The first-order chi connectivity index (χ1) is 12.6. The van der Waals surface area contributed by atoms with Crippen molar-refractivity contribution in [2.24, 2.45) is 0 Å². The average molecular weight is 340 g/mol. The third-order valence-corrected chi connectivity index (χ3v) is 6.01. The van der Waals surface area contributed by atoms with Crippen LogP contribution in [0.1, 0.15) is 96.1 Å². The Labute approximate surface area is 155 Å². The summed E-state index contributed by atoms with van der Waals surface area (Å²) in [5, 5.41) is 9.45. The van der Waals surface area contributed by atoms with Crippen LogP contribution < -0.4 is 0 Å². The van der Waals surface area contributed by atoms with Gasteiger partial charge in [0.05, 0.1) is 11.4 Å². The fourth-order valence-corrected chi connectivity index (χ4v) is 4.98. The van der Waals surface area contributed by atoms with Gasteiger partial charge in [-0.25, -0.2) is 0 Å². The fourth-order valence-electron chi connectivity index (χ4n) is 4.98. The van der Waals surface area contributed by atoms with Crippen molar-refractivity contribution in [3.05, 3.63) is 93.3 Å². The van der Waals surface area contributed by atoms with E-state index in [1.165, 1.54) is 44.8 Å². The average Bonchev–Trinajstić information content (AvgIpc) is 2.66. The maximum absolute atomic E-state index is 4.73. The molecule has 3 aliphatic carbocycles. The van der Waals surface area contributed by atoms with E-state index in [1.54, 1.807) is 0 Å². The second-order valence-corrected chi connectivity index (χ2v) is 8.23. The van der Waals surface area contributed by atoms with Crippen molar-refractivity contribution in [2.45, 2.75) is 51.4 Å². The summed E-state index contributed by atoms with van der Waals surface area (Å²) >= 11 is 0. The normalized spacial score (nSPS) is 19.5. The molecule has 0 unspecified atom stereocenters. The molecule has 0 saturated heterocycles. The van der Waals surface area contributed by atoms with Gasteiger partial charge in [-0.2, -0.15) is 10.2 Å². The lowest BCUT2D eigenvalue weighted by atomic mass is 9.59.